The zero-order valence-electron chi connectivity index (χ0n) is 9.98. The third-order valence-electron chi connectivity index (χ3n) is 4.21. The van der Waals surface area contributed by atoms with Gasteiger partial charge < -0.3 is 10.3 Å². The highest BCUT2D eigenvalue weighted by Gasteiger charge is 2.55. The van der Waals surface area contributed by atoms with E-state index in [0.29, 0.717) is 18.4 Å². The lowest BCUT2D eigenvalue weighted by Crippen LogP contribution is -2.52. The van der Waals surface area contributed by atoms with E-state index in [2.05, 4.69) is 18.5 Å². The number of hydrogen-bond acceptors (Lipinski definition) is 3. The molecule has 0 saturated heterocycles. The number of rotatable bonds is 5. The van der Waals surface area contributed by atoms with Crippen LogP contribution >= 0.6 is 12.4 Å². The third-order valence-corrected chi connectivity index (χ3v) is 4.21. The summed E-state index contributed by atoms with van der Waals surface area (Å²) in [6.07, 6.45) is 5.48. The second-order valence-corrected chi connectivity index (χ2v) is 5.14. The van der Waals surface area contributed by atoms with E-state index in [1.54, 1.807) is 0 Å². The quantitative estimate of drug-likeness (QED) is 0.524. The third kappa shape index (κ3) is 2.49. The summed E-state index contributed by atoms with van der Waals surface area (Å²) in [7, 11) is 0. The number of aliphatic carboxylic acids is 1. The molecule has 3 N–H and O–H groups in total. The largest absolute Gasteiger partial charge is 0.481 e. The Balaban J connectivity index is 0.00000144. The summed E-state index contributed by atoms with van der Waals surface area (Å²) in [5.74, 6) is 0.188. The zero-order chi connectivity index (χ0) is 11.8. The molecule has 0 heterocycles. The van der Waals surface area contributed by atoms with Crippen molar-refractivity contribution in [2.45, 2.75) is 32.6 Å². The summed E-state index contributed by atoms with van der Waals surface area (Å²) in [5.41, 5.74) is 3.35. The van der Waals surface area contributed by atoms with Crippen LogP contribution in [-0.2, 0) is 4.79 Å². The minimum atomic E-state index is -0.771. The van der Waals surface area contributed by atoms with Gasteiger partial charge in [-0.3, -0.25) is 4.79 Å². The van der Waals surface area contributed by atoms with Gasteiger partial charge in [-0.05, 0) is 31.1 Å². The number of hydrogen-bond donors (Lipinski definition) is 3. The molecule has 1 fully saturated rings. The molecule has 0 radical (unpaired) electrons. The minimum Gasteiger partial charge on any atom is -0.481 e. The lowest BCUT2D eigenvalue weighted by molar-refractivity contribution is -0.145. The summed E-state index contributed by atoms with van der Waals surface area (Å²) in [6, 6.07) is 0. The predicted octanol–water partition coefficient (Wildman–Crippen LogP) is 2.22. The van der Waals surface area contributed by atoms with Crippen molar-refractivity contribution >= 4 is 18.4 Å². The maximum Gasteiger partial charge on any atom is 0.303 e. The number of allylic oxidation sites excluding steroid dienone is 2. The molecule has 3 atom stereocenters. The van der Waals surface area contributed by atoms with Crippen LogP contribution in [0, 0.1) is 17.3 Å². The molecule has 0 bridgehead atoms. The number of carbonyl (C=O) groups is 1. The van der Waals surface area contributed by atoms with E-state index in [-0.39, 0.29) is 24.2 Å². The molecule has 2 aliphatic carbocycles. The van der Waals surface area contributed by atoms with Gasteiger partial charge in [-0.2, -0.15) is 0 Å². The smallest absolute Gasteiger partial charge is 0.303 e. The van der Waals surface area contributed by atoms with Gasteiger partial charge in [0.05, 0.1) is 6.42 Å². The normalized spacial score (nSPS) is 34.4. The molecule has 2 aliphatic rings. The Hall–Kier alpha value is -0.580. The summed E-state index contributed by atoms with van der Waals surface area (Å²) < 4.78 is 0. The molecule has 17 heavy (non-hydrogen) atoms. The van der Waals surface area contributed by atoms with Crippen LogP contribution in [-0.4, -0.2) is 22.8 Å². The highest BCUT2D eigenvalue weighted by molar-refractivity contribution is 5.85. The molecule has 0 aromatic heterocycles. The van der Waals surface area contributed by atoms with Crippen molar-refractivity contribution in [3.8, 4) is 0 Å². The van der Waals surface area contributed by atoms with Crippen LogP contribution in [0.3, 0.4) is 0 Å². The molecule has 98 valence electrons. The Morgan fingerprint density at radius 2 is 2.35 bits per heavy atom. The Kier molecular flexibility index (Phi) is 4.58. The molecule has 0 spiro atoms. The van der Waals surface area contributed by atoms with Crippen LogP contribution in [0.2, 0.25) is 0 Å². The summed E-state index contributed by atoms with van der Waals surface area (Å²) in [4.78, 5) is 10.9. The number of hydroxylamine groups is 1. The first-order chi connectivity index (χ1) is 7.61. The van der Waals surface area contributed by atoms with Crippen molar-refractivity contribution in [2.24, 2.45) is 17.3 Å². The van der Waals surface area contributed by atoms with E-state index >= 15 is 0 Å². The highest BCUT2D eigenvalue weighted by Crippen LogP contribution is 2.59. The lowest BCUT2D eigenvalue weighted by atomic mass is 9.53. The monoisotopic (exact) mass is 261 g/mol. The van der Waals surface area contributed by atoms with Crippen LogP contribution < -0.4 is 5.48 Å². The second kappa shape index (κ2) is 5.38. The molecular weight excluding hydrogens is 242 g/mol. The molecule has 1 saturated carbocycles. The number of carboxylic acid groups (broad SMARTS) is 1. The topological polar surface area (TPSA) is 69.6 Å². The van der Waals surface area contributed by atoms with Gasteiger partial charge in [0.15, 0.2) is 0 Å². The van der Waals surface area contributed by atoms with Gasteiger partial charge in [0.2, 0.25) is 0 Å². The Bertz CT molecular complexity index is 332. The number of halogens is 1. The minimum absolute atomic E-state index is 0. The summed E-state index contributed by atoms with van der Waals surface area (Å²) in [6.45, 7) is 2.52. The van der Waals surface area contributed by atoms with E-state index in [0.717, 1.165) is 19.3 Å². The Morgan fingerprint density at radius 3 is 2.88 bits per heavy atom. The maximum absolute atomic E-state index is 10.9. The average Bonchev–Trinajstić information content (AvgIpc) is 2.55. The summed E-state index contributed by atoms with van der Waals surface area (Å²) >= 11 is 0. The molecule has 5 heteroatoms. The van der Waals surface area contributed by atoms with Crippen molar-refractivity contribution in [1.82, 2.24) is 5.48 Å². The van der Waals surface area contributed by atoms with Gasteiger partial charge in [0, 0.05) is 12.0 Å². The van der Waals surface area contributed by atoms with E-state index < -0.39 is 5.97 Å². The fraction of sp³-hybridized carbons (Fsp3) is 0.750. The van der Waals surface area contributed by atoms with Crippen LogP contribution in [0.5, 0.6) is 0 Å². The average molecular weight is 262 g/mol. The first-order valence-electron chi connectivity index (χ1n) is 5.89. The molecule has 0 amide bonds. The van der Waals surface area contributed by atoms with Crippen molar-refractivity contribution < 1.29 is 15.1 Å². The molecule has 0 aromatic rings. The van der Waals surface area contributed by atoms with E-state index in [1.807, 2.05) is 0 Å². The van der Waals surface area contributed by atoms with Crippen LogP contribution in [0.15, 0.2) is 11.6 Å². The van der Waals surface area contributed by atoms with Gasteiger partial charge in [0.1, 0.15) is 0 Å². The van der Waals surface area contributed by atoms with Crippen LogP contribution in [0.4, 0.5) is 0 Å². The predicted molar refractivity (Wildman–Crippen MR) is 66.3 cm³/mol. The van der Waals surface area contributed by atoms with E-state index in [9.17, 15) is 4.79 Å². The van der Waals surface area contributed by atoms with Gasteiger partial charge in [-0.1, -0.05) is 18.6 Å². The Labute approximate surface area is 107 Å². The molecule has 0 aromatic carbocycles. The van der Waals surface area contributed by atoms with Gasteiger partial charge >= 0.3 is 5.97 Å². The van der Waals surface area contributed by atoms with E-state index in [1.165, 1.54) is 5.57 Å². The van der Waals surface area contributed by atoms with Crippen molar-refractivity contribution in [3.05, 3.63) is 11.6 Å². The van der Waals surface area contributed by atoms with Gasteiger partial charge in [0.25, 0.3) is 0 Å². The molecule has 4 nitrogen and oxygen atoms in total. The van der Waals surface area contributed by atoms with E-state index in [4.69, 9.17) is 10.3 Å². The number of carboxylic acids is 1. The summed E-state index contributed by atoms with van der Waals surface area (Å²) in [5, 5.41) is 17.8. The molecule has 2 rings (SSSR count). The fourth-order valence-electron chi connectivity index (χ4n) is 3.46. The lowest BCUT2D eigenvalue weighted by Gasteiger charge is -2.51. The molecular formula is C12H20ClNO3. The van der Waals surface area contributed by atoms with Crippen molar-refractivity contribution in [3.63, 3.8) is 0 Å². The number of fused-ring (bicyclic) bond motifs is 1. The first kappa shape index (κ1) is 14.5. The standard InChI is InChI=1S/C12H19NO3.ClH/c1-2-8-3-9-5-12(7-13-16,6-11(14)15)10(9)4-8;/h4,9-10,13,16H,2-3,5-7H2,1H3,(H,14,15);1H/t9-,10-,12-;/m1./s1. The highest BCUT2D eigenvalue weighted by atomic mass is 35.5. The molecule has 0 unspecified atom stereocenters. The van der Waals surface area contributed by atoms with Crippen LogP contribution in [0.25, 0.3) is 0 Å². The van der Waals surface area contributed by atoms with Gasteiger partial charge in [-0.15, -0.1) is 12.4 Å². The molecule has 0 aliphatic heterocycles. The van der Waals surface area contributed by atoms with Crippen molar-refractivity contribution in [2.75, 3.05) is 6.54 Å². The second-order valence-electron chi connectivity index (χ2n) is 5.14. The van der Waals surface area contributed by atoms with Crippen molar-refractivity contribution in [1.29, 1.82) is 0 Å². The van der Waals surface area contributed by atoms with Gasteiger partial charge in [-0.25, -0.2) is 5.48 Å². The fourth-order valence-corrected chi connectivity index (χ4v) is 3.46. The first-order valence-corrected chi connectivity index (χ1v) is 5.89. The van der Waals surface area contributed by atoms with Crippen LogP contribution in [0.1, 0.15) is 32.6 Å². The maximum atomic E-state index is 10.9. The zero-order valence-corrected chi connectivity index (χ0v) is 10.8. The Morgan fingerprint density at radius 1 is 1.65 bits per heavy atom. The number of nitrogens with one attached hydrogen (secondary N) is 1. The SMILES string of the molecule is CCC1=C[C@@H]2[C@H](C1)C[C@]2(CNO)CC(=O)O.Cl.